The molecule has 0 saturated carbocycles. The van der Waals surface area contributed by atoms with Crippen molar-refractivity contribution in [2.75, 3.05) is 0 Å². The van der Waals surface area contributed by atoms with Crippen LogP contribution >= 0.6 is 15.9 Å². The van der Waals surface area contributed by atoms with Gasteiger partial charge in [0.1, 0.15) is 16.8 Å². The lowest BCUT2D eigenvalue weighted by atomic mass is 10.2. The Balaban J connectivity index is 1.65. The number of hydrogen-bond acceptors (Lipinski definition) is 6. The molecular weight excluding hydrogens is 420 g/mol. The van der Waals surface area contributed by atoms with Gasteiger partial charge in [0, 0.05) is 12.7 Å². The minimum absolute atomic E-state index is 0.146. The van der Waals surface area contributed by atoms with Gasteiger partial charge in [0.05, 0.1) is 23.0 Å². The topological polar surface area (TPSA) is 121 Å². The molecule has 10 nitrogen and oxygen atoms in total. The van der Waals surface area contributed by atoms with Crippen molar-refractivity contribution in [2.45, 2.75) is 33.0 Å². The van der Waals surface area contributed by atoms with Crippen molar-refractivity contribution in [3.63, 3.8) is 0 Å². The van der Waals surface area contributed by atoms with Gasteiger partial charge < -0.3 is 19.8 Å². The van der Waals surface area contributed by atoms with E-state index in [0.717, 1.165) is 12.2 Å². The molecule has 3 aromatic rings. The summed E-state index contributed by atoms with van der Waals surface area (Å²) >= 11 is 3.09. The molecule has 0 spiro atoms. The number of nitro groups is 1. The van der Waals surface area contributed by atoms with Crippen LogP contribution in [0.5, 0.6) is 0 Å². The zero-order chi connectivity index (χ0) is 19.6. The van der Waals surface area contributed by atoms with Crippen LogP contribution in [0.3, 0.4) is 0 Å². The molecule has 0 aliphatic rings. The highest BCUT2D eigenvalue weighted by atomic mass is 79.9. The van der Waals surface area contributed by atoms with E-state index in [1.165, 1.54) is 10.9 Å². The molecule has 3 rings (SSSR count). The van der Waals surface area contributed by atoms with Gasteiger partial charge in [-0.1, -0.05) is 0 Å². The Morgan fingerprint density at radius 2 is 2.15 bits per heavy atom. The summed E-state index contributed by atoms with van der Waals surface area (Å²) in [7, 11) is 0. The van der Waals surface area contributed by atoms with Crippen LogP contribution in [0.4, 0.5) is 5.82 Å². The maximum Gasteiger partial charge on any atom is 0.404 e. The molecule has 27 heavy (non-hydrogen) atoms. The largest absolute Gasteiger partial charge is 0.454 e. The van der Waals surface area contributed by atoms with E-state index in [0.29, 0.717) is 5.76 Å². The van der Waals surface area contributed by atoms with Crippen LogP contribution < -0.4 is 5.32 Å². The van der Waals surface area contributed by atoms with Crippen LogP contribution in [0, 0.1) is 10.1 Å². The average Bonchev–Trinajstić information content (AvgIpc) is 3.34. The minimum atomic E-state index is -0.581. The molecule has 3 aromatic heterocycles. The van der Waals surface area contributed by atoms with Crippen LogP contribution in [0.2, 0.25) is 0 Å². The predicted molar refractivity (Wildman–Crippen MR) is 98.2 cm³/mol. The quantitative estimate of drug-likeness (QED) is 0.448. The summed E-state index contributed by atoms with van der Waals surface area (Å²) in [5.74, 6) is -0.0484. The van der Waals surface area contributed by atoms with Crippen molar-refractivity contribution in [2.24, 2.45) is 0 Å². The highest BCUT2D eigenvalue weighted by Crippen LogP contribution is 2.23. The Kier molecular flexibility index (Phi) is 5.40. The van der Waals surface area contributed by atoms with E-state index in [1.54, 1.807) is 16.8 Å². The molecule has 11 heteroatoms. The molecule has 1 atom stereocenters. The number of halogens is 1. The third-order valence-corrected chi connectivity index (χ3v) is 4.41. The molecule has 0 fully saturated rings. The summed E-state index contributed by atoms with van der Waals surface area (Å²) in [5, 5.41) is 21.9. The number of rotatable bonds is 7. The van der Waals surface area contributed by atoms with Crippen molar-refractivity contribution in [1.29, 1.82) is 0 Å². The minimum Gasteiger partial charge on any atom is -0.454 e. The van der Waals surface area contributed by atoms with Gasteiger partial charge >= 0.3 is 5.82 Å². The van der Waals surface area contributed by atoms with E-state index < -0.39 is 4.92 Å². The SMILES string of the molecule is CCn1ccc(C(C)NC(=O)c2ccc(Cn3cc(Br)c([N+](=O)[O-])n3)o2)n1. The number of amides is 1. The van der Waals surface area contributed by atoms with Crippen LogP contribution in [0.25, 0.3) is 0 Å². The lowest BCUT2D eigenvalue weighted by Crippen LogP contribution is -2.26. The Morgan fingerprint density at radius 3 is 2.78 bits per heavy atom. The van der Waals surface area contributed by atoms with E-state index in [-0.39, 0.29) is 34.5 Å². The number of nitrogens with zero attached hydrogens (tertiary/aromatic N) is 5. The van der Waals surface area contributed by atoms with Gasteiger partial charge in [-0.25, -0.2) is 0 Å². The van der Waals surface area contributed by atoms with Gasteiger partial charge in [-0.3, -0.25) is 9.48 Å². The van der Waals surface area contributed by atoms with Gasteiger partial charge in [-0.05, 0) is 52.9 Å². The maximum atomic E-state index is 12.4. The van der Waals surface area contributed by atoms with E-state index in [2.05, 4.69) is 31.4 Å². The molecule has 0 radical (unpaired) electrons. The Hall–Kier alpha value is -2.95. The highest BCUT2D eigenvalue weighted by Gasteiger charge is 2.20. The average molecular weight is 437 g/mol. The number of aromatic nitrogens is 4. The van der Waals surface area contributed by atoms with Gasteiger partial charge in [-0.2, -0.15) is 9.78 Å². The molecule has 0 aliphatic carbocycles. The van der Waals surface area contributed by atoms with E-state index in [9.17, 15) is 14.9 Å². The van der Waals surface area contributed by atoms with Crippen LogP contribution in [0.15, 0.2) is 39.5 Å². The first-order chi connectivity index (χ1) is 12.9. The standard InChI is InChI=1S/C16H17BrN6O4/c1-3-21-7-6-13(19-21)10(2)18-16(24)14-5-4-11(27-14)8-22-9-12(17)15(20-22)23(25)26/h4-7,9-10H,3,8H2,1-2H3,(H,18,24). The molecule has 0 bridgehead atoms. The van der Waals surface area contributed by atoms with E-state index in [4.69, 9.17) is 4.42 Å². The summed E-state index contributed by atoms with van der Waals surface area (Å²) in [4.78, 5) is 22.6. The zero-order valence-corrected chi connectivity index (χ0v) is 16.2. The van der Waals surface area contributed by atoms with Crippen molar-refractivity contribution < 1.29 is 14.1 Å². The molecule has 0 saturated heterocycles. The van der Waals surface area contributed by atoms with Crippen LogP contribution in [-0.2, 0) is 13.1 Å². The first-order valence-corrected chi connectivity index (χ1v) is 8.97. The molecule has 142 valence electrons. The molecule has 1 amide bonds. The van der Waals surface area contributed by atoms with Crippen LogP contribution in [0.1, 0.15) is 41.9 Å². The van der Waals surface area contributed by atoms with Crippen molar-refractivity contribution in [1.82, 2.24) is 24.9 Å². The maximum absolute atomic E-state index is 12.4. The highest BCUT2D eigenvalue weighted by molar-refractivity contribution is 9.10. The summed E-state index contributed by atoms with van der Waals surface area (Å²) < 4.78 is 8.96. The molecule has 1 N–H and O–H groups in total. The lowest BCUT2D eigenvalue weighted by molar-refractivity contribution is -0.390. The molecular formula is C16H17BrN6O4. The number of hydrogen-bond donors (Lipinski definition) is 1. The fraction of sp³-hybridized carbons (Fsp3) is 0.312. The third kappa shape index (κ3) is 4.25. The number of aryl methyl sites for hydroxylation is 1. The summed E-state index contributed by atoms with van der Waals surface area (Å²) in [6.07, 6.45) is 3.33. The van der Waals surface area contributed by atoms with Crippen molar-refractivity contribution in [3.05, 3.63) is 62.4 Å². The van der Waals surface area contributed by atoms with E-state index in [1.807, 2.05) is 26.1 Å². The summed E-state index contributed by atoms with van der Waals surface area (Å²) in [6.45, 7) is 4.74. The van der Waals surface area contributed by atoms with Gasteiger partial charge in [0.2, 0.25) is 0 Å². The Labute approximate surface area is 162 Å². The second-order valence-electron chi connectivity index (χ2n) is 5.81. The zero-order valence-electron chi connectivity index (χ0n) is 14.6. The van der Waals surface area contributed by atoms with Gasteiger partial charge in [-0.15, -0.1) is 0 Å². The normalized spacial score (nSPS) is 12.1. The number of carbonyl (C=O) groups is 1. The molecule has 0 aliphatic heterocycles. The molecule has 1 unspecified atom stereocenters. The first kappa shape index (κ1) is 18.8. The Morgan fingerprint density at radius 1 is 1.37 bits per heavy atom. The second-order valence-corrected chi connectivity index (χ2v) is 6.67. The second kappa shape index (κ2) is 7.74. The number of carbonyl (C=O) groups excluding carboxylic acids is 1. The summed E-state index contributed by atoms with van der Waals surface area (Å²) in [5.41, 5.74) is 0.755. The fourth-order valence-corrected chi connectivity index (χ4v) is 2.92. The summed E-state index contributed by atoms with van der Waals surface area (Å²) in [6, 6.07) is 4.76. The van der Waals surface area contributed by atoms with Gasteiger partial charge in [0.25, 0.3) is 5.91 Å². The first-order valence-electron chi connectivity index (χ1n) is 8.17. The predicted octanol–water partition coefficient (Wildman–Crippen LogP) is 2.90. The number of nitrogens with one attached hydrogen (secondary N) is 1. The third-order valence-electron chi connectivity index (χ3n) is 3.85. The van der Waals surface area contributed by atoms with Crippen LogP contribution in [-0.4, -0.2) is 30.4 Å². The monoisotopic (exact) mass is 436 g/mol. The molecule has 3 heterocycles. The fourth-order valence-electron chi connectivity index (χ4n) is 2.46. The Bertz CT molecular complexity index is 975. The molecule has 0 aromatic carbocycles. The lowest BCUT2D eigenvalue weighted by Gasteiger charge is -2.10. The van der Waals surface area contributed by atoms with Crippen molar-refractivity contribution in [3.8, 4) is 0 Å². The number of furan rings is 1. The smallest absolute Gasteiger partial charge is 0.404 e. The van der Waals surface area contributed by atoms with E-state index >= 15 is 0 Å². The van der Waals surface area contributed by atoms with Crippen molar-refractivity contribution >= 4 is 27.7 Å². The van der Waals surface area contributed by atoms with Gasteiger partial charge in [0.15, 0.2) is 5.76 Å².